The number of aromatic nitrogens is 1. The summed E-state index contributed by atoms with van der Waals surface area (Å²) in [5.41, 5.74) is -0.369. The average Bonchev–Trinajstić information content (AvgIpc) is 3.01. The van der Waals surface area contributed by atoms with E-state index in [1.165, 1.54) is 22.9 Å². The summed E-state index contributed by atoms with van der Waals surface area (Å²) in [6, 6.07) is 6.22. The van der Waals surface area contributed by atoms with Crippen LogP contribution in [0.15, 0.2) is 40.6 Å². The first-order valence-corrected chi connectivity index (χ1v) is 8.08. The molecule has 23 heavy (non-hydrogen) atoms. The third-order valence-electron chi connectivity index (χ3n) is 3.24. The fourth-order valence-corrected chi connectivity index (χ4v) is 2.77. The predicted molar refractivity (Wildman–Crippen MR) is 87.6 cm³/mol. The molecule has 8 heteroatoms. The normalized spacial score (nSPS) is 10.4. The summed E-state index contributed by atoms with van der Waals surface area (Å²) in [7, 11) is 0. The Morgan fingerprint density at radius 2 is 2.13 bits per heavy atom. The molecule has 122 valence electrons. The van der Waals surface area contributed by atoms with Crippen molar-refractivity contribution in [1.29, 1.82) is 0 Å². The first-order valence-electron chi connectivity index (χ1n) is 7.20. The smallest absolute Gasteiger partial charge is 0.285 e. The van der Waals surface area contributed by atoms with Crippen molar-refractivity contribution in [2.24, 2.45) is 0 Å². The Balaban J connectivity index is 1.71. The lowest BCUT2D eigenvalue weighted by Gasteiger charge is -2.06. The Morgan fingerprint density at radius 3 is 2.83 bits per heavy atom. The van der Waals surface area contributed by atoms with Gasteiger partial charge in [-0.1, -0.05) is 6.07 Å². The van der Waals surface area contributed by atoms with Gasteiger partial charge in [0, 0.05) is 30.1 Å². The van der Waals surface area contributed by atoms with Crippen molar-refractivity contribution in [2.45, 2.75) is 25.8 Å². The minimum Gasteiger partial charge on any atom is -0.356 e. The zero-order valence-corrected chi connectivity index (χ0v) is 13.3. The molecule has 0 aliphatic rings. The first-order chi connectivity index (χ1) is 11.1. The number of thiophene rings is 1. The number of carbonyl (C=O) groups is 1. The molecule has 0 aliphatic carbocycles. The Bertz CT molecular complexity index is 725. The van der Waals surface area contributed by atoms with E-state index >= 15 is 0 Å². The van der Waals surface area contributed by atoms with Crippen LogP contribution in [0.5, 0.6) is 0 Å². The van der Waals surface area contributed by atoms with E-state index in [9.17, 15) is 19.7 Å². The Morgan fingerprint density at radius 1 is 1.30 bits per heavy atom. The lowest BCUT2D eigenvalue weighted by molar-refractivity contribution is -0.385. The van der Waals surface area contributed by atoms with Crippen molar-refractivity contribution < 1.29 is 9.72 Å². The molecule has 0 unspecified atom stereocenters. The van der Waals surface area contributed by atoms with Gasteiger partial charge in [-0.25, -0.2) is 0 Å². The van der Waals surface area contributed by atoms with E-state index in [2.05, 4.69) is 5.32 Å². The molecule has 2 aromatic rings. The third kappa shape index (κ3) is 5.33. The largest absolute Gasteiger partial charge is 0.356 e. The summed E-state index contributed by atoms with van der Waals surface area (Å²) in [6.45, 7) is 0.912. The Hall–Kier alpha value is -2.48. The van der Waals surface area contributed by atoms with Gasteiger partial charge >= 0.3 is 0 Å². The minimum absolute atomic E-state index is 0.0278. The number of pyridine rings is 1. The number of carbonyl (C=O) groups excluding carboxylic acids is 1. The fraction of sp³-hybridized carbons (Fsp3) is 0.333. The van der Waals surface area contributed by atoms with Crippen molar-refractivity contribution >= 4 is 22.9 Å². The maximum atomic E-state index is 11.7. The minimum atomic E-state index is -0.527. The van der Waals surface area contributed by atoms with E-state index in [-0.39, 0.29) is 17.2 Å². The number of nitrogens with zero attached hydrogens (tertiary/aromatic N) is 2. The standard InChI is InChI=1S/C15H17N3O4S/c19-14(10-13-4-3-9-23-13)16-7-1-2-8-17-11-12(18(21)22)5-6-15(17)20/h3-6,9,11H,1-2,7-8,10H2,(H,16,19). The number of hydrogen-bond donors (Lipinski definition) is 1. The van der Waals surface area contributed by atoms with Crippen molar-refractivity contribution in [1.82, 2.24) is 9.88 Å². The molecule has 0 spiro atoms. The van der Waals surface area contributed by atoms with Crippen LogP contribution in [0.3, 0.4) is 0 Å². The number of nitro groups is 1. The van der Waals surface area contributed by atoms with Crippen molar-refractivity contribution in [3.63, 3.8) is 0 Å². The van der Waals surface area contributed by atoms with Crippen molar-refractivity contribution in [3.05, 3.63) is 61.2 Å². The molecule has 2 rings (SSSR count). The van der Waals surface area contributed by atoms with Gasteiger partial charge in [0.15, 0.2) is 0 Å². The molecule has 2 heterocycles. The molecule has 0 bridgehead atoms. The molecule has 0 fully saturated rings. The highest BCUT2D eigenvalue weighted by molar-refractivity contribution is 7.10. The van der Waals surface area contributed by atoms with Gasteiger partial charge in [-0.15, -0.1) is 11.3 Å². The number of unbranched alkanes of at least 4 members (excludes halogenated alkanes) is 1. The van der Waals surface area contributed by atoms with Crippen molar-refractivity contribution in [2.75, 3.05) is 6.54 Å². The van der Waals surface area contributed by atoms with E-state index in [4.69, 9.17) is 0 Å². The quantitative estimate of drug-likeness (QED) is 0.453. The highest BCUT2D eigenvalue weighted by atomic mass is 32.1. The van der Waals surface area contributed by atoms with E-state index in [1.807, 2.05) is 17.5 Å². The predicted octanol–water partition coefficient (Wildman–Crippen LogP) is 1.96. The number of rotatable bonds is 8. The zero-order valence-electron chi connectivity index (χ0n) is 12.4. The maximum absolute atomic E-state index is 11.7. The molecule has 2 aromatic heterocycles. The van der Waals surface area contributed by atoms with E-state index < -0.39 is 4.92 Å². The molecule has 7 nitrogen and oxygen atoms in total. The van der Waals surface area contributed by atoms with E-state index in [1.54, 1.807) is 11.3 Å². The van der Waals surface area contributed by atoms with Crippen LogP contribution in [0.4, 0.5) is 5.69 Å². The summed E-state index contributed by atoms with van der Waals surface area (Å²) >= 11 is 1.54. The molecule has 0 aromatic carbocycles. The van der Waals surface area contributed by atoms with Gasteiger partial charge in [-0.3, -0.25) is 19.7 Å². The van der Waals surface area contributed by atoms with Gasteiger partial charge in [0.2, 0.25) is 5.91 Å². The van der Waals surface area contributed by atoms with Crippen LogP contribution in [0.25, 0.3) is 0 Å². The van der Waals surface area contributed by atoms with Crippen LogP contribution < -0.4 is 10.9 Å². The molecular formula is C15H17N3O4S. The van der Waals surface area contributed by atoms with Gasteiger partial charge in [0.05, 0.1) is 17.5 Å². The SMILES string of the molecule is O=C(Cc1cccs1)NCCCCn1cc([N+](=O)[O-])ccc1=O. The molecule has 0 atom stereocenters. The summed E-state index contributed by atoms with van der Waals surface area (Å²) in [5.74, 6) is -0.0278. The summed E-state index contributed by atoms with van der Waals surface area (Å²) in [4.78, 5) is 34.5. The van der Waals surface area contributed by atoms with Crippen LogP contribution in [0, 0.1) is 10.1 Å². The summed E-state index contributed by atoms with van der Waals surface area (Å²) in [5, 5.41) is 15.4. The second kappa shape index (κ2) is 8.23. The summed E-state index contributed by atoms with van der Waals surface area (Å²) < 4.78 is 1.33. The second-order valence-electron chi connectivity index (χ2n) is 4.99. The number of aryl methyl sites for hydroxylation is 1. The van der Waals surface area contributed by atoms with E-state index in [0.29, 0.717) is 32.4 Å². The highest BCUT2D eigenvalue weighted by Gasteiger charge is 2.07. The fourth-order valence-electron chi connectivity index (χ4n) is 2.07. The molecular weight excluding hydrogens is 318 g/mol. The third-order valence-corrected chi connectivity index (χ3v) is 4.12. The summed E-state index contributed by atoms with van der Waals surface area (Å²) in [6.07, 6.45) is 2.98. The molecule has 0 saturated heterocycles. The van der Waals surface area contributed by atoms with Crippen LogP contribution in [-0.2, 0) is 17.8 Å². The van der Waals surface area contributed by atoms with Gasteiger partial charge in [-0.05, 0) is 24.3 Å². The van der Waals surface area contributed by atoms with Gasteiger partial charge < -0.3 is 9.88 Å². The molecule has 0 aliphatic heterocycles. The Labute approximate surface area is 136 Å². The molecule has 0 saturated carbocycles. The van der Waals surface area contributed by atoms with Crippen LogP contribution in [0.1, 0.15) is 17.7 Å². The second-order valence-corrected chi connectivity index (χ2v) is 6.02. The maximum Gasteiger partial charge on any atom is 0.285 e. The van der Waals surface area contributed by atoms with Crippen molar-refractivity contribution in [3.8, 4) is 0 Å². The molecule has 1 amide bonds. The molecule has 1 N–H and O–H groups in total. The van der Waals surface area contributed by atoms with Gasteiger partial charge in [0.25, 0.3) is 11.2 Å². The lowest BCUT2D eigenvalue weighted by atomic mass is 10.2. The number of amides is 1. The van der Waals surface area contributed by atoms with Gasteiger partial charge in [-0.2, -0.15) is 0 Å². The van der Waals surface area contributed by atoms with Crippen LogP contribution in [0.2, 0.25) is 0 Å². The Kier molecular flexibility index (Phi) is 6.04. The van der Waals surface area contributed by atoms with Crippen LogP contribution in [-0.4, -0.2) is 21.9 Å². The van der Waals surface area contributed by atoms with E-state index in [0.717, 1.165) is 4.88 Å². The first kappa shape index (κ1) is 16.9. The monoisotopic (exact) mass is 335 g/mol. The van der Waals surface area contributed by atoms with Crippen LogP contribution >= 0.6 is 11.3 Å². The zero-order chi connectivity index (χ0) is 16.7. The molecule has 0 radical (unpaired) electrons. The number of hydrogen-bond acceptors (Lipinski definition) is 5. The lowest BCUT2D eigenvalue weighted by Crippen LogP contribution is -2.26. The van der Waals surface area contributed by atoms with Gasteiger partial charge in [0.1, 0.15) is 0 Å². The average molecular weight is 335 g/mol. The topological polar surface area (TPSA) is 94.2 Å². The number of nitrogens with one attached hydrogen (secondary N) is 1. The highest BCUT2D eigenvalue weighted by Crippen LogP contribution is 2.09.